The second-order valence-electron chi connectivity index (χ2n) is 7.89. The van der Waals surface area contributed by atoms with E-state index in [-0.39, 0.29) is 11.7 Å². The van der Waals surface area contributed by atoms with E-state index in [0.717, 1.165) is 5.56 Å². The van der Waals surface area contributed by atoms with Crippen molar-refractivity contribution in [1.29, 1.82) is 0 Å². The fourth-order valence-electron chi connectivity index (χ4n) is 3.87. The number of Topliss-reactive ketones (excluding diaryl/α,β-unsaturated/α-hetero) is 1. The standard InChI is InChI=1S/C22H24ClNO3/c1-14(2)19(25)21(3,4)22(27)17-7-5-6-8-18(17)24(20(22)26)13-15-9-11-16(23)12-10-15/h5-12,14,27H,13H2,1-4H3. The lowest BCUT2D eigenvalue weighted by Gasteiger charge is -2.38. The number of amides is 1. The summed E-state index contributed by atoms with van der Waals surface area (Å²) >= 11 is 5.95. The van der Waals surface area contributed by atoms with Gasteiger partial charge >= 0.3 is 0 Å². The Morgan fingerprint density at radius 1 is 1.15 bits per heavy atom. The summed E-state index contributed by atoms with van der Waals surface area (Å²) in [6.07, 6.45) is 0. The van der Waals surface area contributed by atoms with Gasteiger partial charge in [0.15, 0.2) is 5.60 Å². The summed E-state index contributed by atoms with van der Waals surface area (Å²) in [6, 6.07) is 14.4. The fourth-order valence-corrected chi connectivity index (χ4v) is 3.99. The fraction of sp³-hybridized carbons (Fsp3) is 0.364. The van der Waals surface area contributed by atoms with Gasteiger partial charge < -0.3 is 10.0 Å². The Kier molecular flexibility index (Phi) is 4.91. The summed E-state index contributed by atoms with van der Waals surface area (Å²) in [5.41, 5.74) is -1.17. The summed E-state index contributed by atoms with van der Waals surface area (Å²) in [5.74, 6) is -0.923. The van der Waals surface area contributed by atoms with Crippen LogP contribution in [0.4, 0.5) is 5.69 Å². The highest BCUT2D eigenvalue weighted by Crippen LogP contribution is 2.51. The van der Waals surface area contributed by atoms with Crippen LogP contribution in [0.1, 0.15) is 38.8 Å². The van der Waals surface area contributed by atoms with E-state index >= 15 is 0 Å². The van der Waals surface area contributed by atoms with Crippen molar-refractivity contribution in [2.24, 2.45) is 11.3 Å². The SMILES string of the molecule is CC(C)C(=O)C(C)(C)C1(O)C(=O)N(Cc2ccc(Cl)cc2)c2ccccc21. The van der Waals surface area contributed by atoms with Crippen molar-refractivity contribution in [2.75, 3.05) is 4.90 Å². The first-order valence-corrected chi connectivity index (χ1v) is 9.41. The molecule has 0 spiro atoms. The van der Waals surface area contributed by atoms with Crippen LogP contribution in [0, 0.1) is 11.3 Å². The predicted octanol–water partition coefficient (Wildman–Crippen LogP) is 4.33. The van der Waals surface area contributed by atoms with Crippen LogP contribution in [0.2, 0.25) is 5.02 Å². The predicted molar refractivity (Wildman–Crippen MR) is 107 cm³/mol. The van der Waals surface area contributed by atoms with Crippen molar-refractivity contribution >= 4 is 29.0 Å². The smallest absolute Gasteiger partial charge is 0.265 e. The summed E-state index contributed by atoms with van der Waals surface area (Å²) < 4.78 is 0. The largest absolute Gasteiger partial charge is 0.374 e. The van der Waals surface area contributed by atoms with Gasteiger partial charge in [-0.1, -0.05) is 55.8 Å². The molecule has 2 aromatic carbocycles. The number of aliphatic hydroxyl groups is 1. The van der Waals surface area contributed by atoms with E-state index in [2.05, 4.69) is 0 Å². The molecule has 142 valence electrons. The first kappa shape index (κ1) is 19.6. The minimum absolute atomic E-state index is 0.151. The normalized spacial score (nSPS) is 19.5. The molecule has 1 aliphatic rings. The summed E-state index contributed by atoms with van der Waals surface area (Å²) in [7, 11) is 0. The van der Waals surface area contributed by atoms with E-state index in [4.69, 9.17) is 11.6 Å². The van der Waals surface area contributed by atoms with Gasteiger partial charge in [-0.15, -0.1) is 0 Å². The number of fused-ring (bicyclic) bond motifs is 1. The van der Waals surface area contributed by atoms with Gasteiger partial charge in [-0.3, -0.25) is 9.59 Å². The number of hydrogen-bond acceptors (Lipinski definition) is 3. The molecule has 1 aliphatic heterocycles. The maximum atomic E-state index is 13.4. The molecule has 27 heavy (non-hydrogen) atoms. The monoisotopic (exact) mass is 385 g/mol. The van der Waals surface area contributed by atoms with E-state index in [9.17, 15) is 14.7 Å². The maximum Gasteiger partial charge on any atom is 0.265 e. The Morgan fingerprint density at radius 2 is 1.74 bits per heavy atom. The van der Waals surface area contributed by atoms with Crippen LogP contribution in [0.15, 0.2) is 48.5 Å². The lowest BCUT2D eigenvalue weighted by atomic mass is 9.66. The minimum atomic E-state index is -1.91. The van der Waals surface area contributed by atoms with Crippen molar-refractivity contribution in [3.8, 4) is 0 Å². The van der Waals surface area contributed by atoms with Gasteiger partial charge in [0.2, 0.25) is 0 Å². The quantitative estimate of drug-likeness (QED) is 0.833. The molecule has 0 saturated carbocycles. The zero-order valence-electron chi connectivity index (χ0n) is 16.0. The summed E-state index contributed by atoms with van der Waals surface area (Å²) in [5, 5.41) is 12.2. The number of carbonyl (C=O) groups is 2. The zero-order chi connectivity index (χ0) is 20.0. The molecule has 1 amide bonds. The average Bonchev–Trinajstić information content (AvgIpc) is 2.86. The van der Waals surface area contributed by atoms with Gasteiger partial charge in [0.1, 0.15) is 5.78 Å². The van der Waals surface area contributed by atoms with E-state index in [0.29, 0.717) is 22.8 Å². The molecule has 1 atom stereocenters. The first-order chi connectivity index (χ1) is 12.6. The highest BCUT2D eigenvalue weighted by molar-refractivity contribution is 6.30. The Morgan fingerprint density at radius 3 is 2.33 bits per heavy atom. The molecule has 0 fully saturated rings. The minimum Gasteiger partial charge on any atom is -0.374 e. The molecule has 1 unspecified atom stereocenters. The lowest BCUT2D eigenvalue weighted by molar-refractivity contribution is -0.162. The third-order valence-corrected chi connectivity index (χ3v) is 5.69. The molecular weight excluding hydrogens is 362 g/mol. The Hall–Kier alpha value is -2.17. The van der Waals surface area contributed by atoms with Crippen LogP contribution in [0.5, 0.6) is 0 Å². The first-order valence-electron chi connectivity index (χ1n) is 9.03. The highest BCUT2D eigenvalue weighted by atomic mass is 35.5. The van der Waals surface area contributed by atoms with Crippen LogP contribution in [-0.2, 0) is 21.7 Å². The van der Waals surface area contributed by atoms with Crippen molar-refractivity contribution in [3.63, 3.8) is 0 Å². The molecule has 0 radical (unpaired) electrons. The third kappa shape index (κ3) is 2.97. The molecule has 2 aromatic rings. The molecule has 0 bridgehead atoms. The second-order valence-corrected chi connectivity index (χ2v) is 8.33. The van der Waals surface area contributed by atoms with E-state index in [1.54, 1.807) is 62.9 Å². The molecule has 5 heteroatoms. The number of ketones is 1. The van der Waals surface area contributed by atoms with Gasteiger partial charge in [-0.25, -0.2) is 0 Å². The molecule has 0 aliphatic carbocycles. The Bertz CT molecular complexity index is 889. The van der Waals surface area contributed by atoms with Crippen molar-refractivity contribution in [2.45, 2.75) is 39.8 Å². The van der Waals surface area contributed by atoms with Crippen LogP contribution in [0.3, 0.4) is 0 Å². The van der Waals surface area contributed by atoms with Gasteiger partial charge in [0, 0.05) is 16.5 Å². The third-order valence-electron chi connectivity index (χ3n) is 5.44. The van der Waals surface area contributed by atoms with Gasteiger partial charge in [-0.2, -0.15) is 0 Å². The number of halogens is 1. The van der Waals surface area contributed by atoms with E-state index < -0.39 is 16.9 Å². The highest BCUT2D eigenvalue weighted by Gasteiger charge is 2.61. The Labute approximate surface area is 164 Å². The maximum absolute atomic E-state index is 13.4. The average molecular weight is 386 g/mol. The molecule has 0 aromatic heterocycles. The zero-order valence-corrected chi connectivity index (χ0v) is 16.7. The molecule has 3 rings (SSSR count). The van der Waals surface area contributed by atoms with Gasteiger partial charge in [0.05, 0.1) is 17.6 Å². The summed E-state index contributed by atoms with van der Waals surface area (Å²) in [6.45, 7) is 7.15. The number of hydrogen-bond donors (Lipinski definition) is 1. The topological polar surface area (TPSA) is 57.6 Å². The number of rotatable bonds is 5. The molecule has 1 heterocycles. The number of carbonyl (C=O) groups excluding carboxylic acids is 2. The number of benzene rings is 2. The van der Waals surface area contributed by atoms with Crippen LogP contribution < -0.4 is 4.90 Å². The molecule has 4 nitrogen and oxygen atoms in total. The van der Waals surface area contributed by atoms with Gasteiger partial charge in [0.25, 0.3) is 5.91 Å². The molecule has 1 N–H and O–H groups in total. The van der Waals surface area contributed by atoms with E-state index in [1.807, 2.05) is 18.2 Å². The number of para-hydroxylation sites is 1. The van der Waals surface area contributed by atoms with E-state index in [1.165, 1.54) is 0 Å². The van der Waals surface area contributed by atoms with Gasteiger partial charge in [-0.05, 0) is 37.6 Å². The summed E-state index contributed by atoms with van der Waals surface area (Å²) in [4.78, 5) is 27.8. The molecule has 0 saturated heterocycles. The second kappa shape index (κ2) is 6.77. The lowest BCUT2D eigenvalue weighted by Crippen LogP contribution is -2.54. The number of anilines is 1. The van der Waals surface area contributed by atoms with Crippen molar-refractivity contribution < 1.29 is 14.7 Å². The Balaban J connectivity index is 2.09. The van der Waals surface area contributed by atoms with Crippen molar-refractivity contribution in [3.05, 3.63) is 64.7 Å². The van der Waals surface area contributed by atoms with Crippen LogP contribution in [0.25, 0.3) is 0 Å². The number of nitrogens with zero attached hydrogens (tertiary/aromatic N) is 1. The van der Waals surface area contributed by atoms with Crippen molar-refractivity contribution in [1.82, 2.24) is 0 Å². The van der Waals surface area contributed by atoms with Crippen LogP contribution in [-0.4, -0.2) is 16.8 Å². The van der Waals surface area contributed by atoms with Crippen LogP contribution >= 0.6 is 11.6 Å². The molecular formula is C22H24ClNO3.